The highest BCUT2D eigenvalue weighted by molar-refractivity contribution is 5.92. The van der Waals surface area contributed by atoms with E-state index in [1.807, 2.05) is 36.5 Å². The number of furan rings is 1. The van der Waals surface area contributed by atoms with E-state index < -0.39 is 17.6 Å². The van der Waals surface area contributed by atoms with E-state index in [4.69, 9.17) is 4.42 Å². The molecule has 1 amide bonds. The van der Waals surface area contributed by atoms with Crippen LogP contribution in [0.25, 0.3) is 11.3 Å². The van der Waals surface area contributed by atoms with Crippen LogP contribution in [0.3, 0.4) is 0 Å². The van der Waals surface area contributed by atoms with Crippen LogP contribution in [-0.2, 0) is 19.3 Å². The molecule has 2 aromatic heterocycles. The zero-order valence-electron chi connectivity index (χ0n) is 16.3. The molecule has 2 aromatic carbocycles. The number of halogens is 3. The fraction of sp³-hybridized carbons (Fsp3) is 0.130. The van der Waals surface area contributed by atoms with Gasteiger partial charge in [-0.25, -0.2) is 0 Å². The molecule has 0 saturated carbocycles. The van der Waals surface area contributed by atoms with Gasteiger partial charge in [0.05, 0.1) is 12.1 Å². The highest BCUT2D eigenvalue weighted by atomic mass is 19.4. The first-order valence-corrected chi connectivity index (χ1v) is 9.50. The number of carbonyl (C=O) groups excluding carboxylic acids is 1. The Bertz CT molecular complexity index is 1180. The predicted octanol–water partition coefficient (Wildman–Crippen LogP) is 5.14. The molecular weight excluding hydrogens is 407 g/mol. The maximum Gasteiger partial charge on any atom is 0.416 e. The van der Waals surface area contributed by atoms with Crippen molar-refractivity contribution in [3.05, 3.63) is 102 Å². The maximum absolute atomic E-state index is 12.9. The van der Waals surface area contributed by atoms with Gasteiger partial charge in [0.2, 0.25) is 0 Å². The van der Waals surface area contributed by atoms with Crippen LogP contribution >= 0.6 is 0 Å². The van der Waals surface area contributed by atoms with Gasteiger partial charge in [-0.2, -0.15) is 18.3 Å². The topological polar surface area (TPSA) is 60.1 Å². The van der Waals surface area contributed by atoms with Gasteiger partial charge in [0.25, 0.3) is 5.91 Å². The second kappa shape index (κ2) is 8.51. The molecular formula is C23H18F3N3O2. The third-order valence-corrected chi connectivity index (χ3v) is 4.75. The van der Waals surface area contributed by atoms with E-state index >= 15 is 0 Å². The molecule has 0 radical (unpaired) electrons. The SMILES string of the molecule is O=C(NCc1ccccc1Cn1cccn1)c1ccc(-c2cccc(C(F)(F)F)c2)o1. The molecule has 8 heteroatoms. The molecule has 0 aliphatic carbocycles. The zero-order valence-corrected chi connectivity index (χ0v) is 16.3. The minimum atomic E-state index is -4.45. The van der Waals surface area contributed by atoms with E-state index in [1.165, 1.54) is 24.3 Å². The lowest BCUT2D eigenvalue weighted by Gasteiger charge is -2.10. The van der Waals surface area contributed by atoms with Gasteiger partial charge in [0.1, 0.15) is 5.76 Å². The Morgan fingerprint density at radius 1 is 1.00 bits per heavy atom. The number of hydrogen-bond acceptors (Lipinski definition) is 3. The van der Waals surface area contributed by atoms with Crippen molar-refractivity contribution in [2.45, 2.75) is 19.3 Å². The molecule has 0 atom stereocenters. The van der Waals surface area contributed by atoms with Crippen molar-refractivity contribution in [1.82, 2.24) is 15.1 Å². The van der Waals surface area contributed by atoms with Crippen LogP contribution in [0.2, 0.25) is 0 Å². The maximum atomic E-state index is 12.9. The molecule has 1 N–H and O–H groups in total. The van der Waals surface area contributed by atoms with Crippen molar-refractivity contribution < 1.29 is 22.4 Å². The average Bonchev–Trinajstić information content (AvgIpc) is 3.45. The third-order valence-electron chi connectivity index (χ3n) is 4.75. The zero-order chi connectivity index (χ0) is 21.8. The molecule has 31 heavy (non-hydrogen) atoms. The summed E-state index contributed by atoms with van der Waals surface area (Å²) in [7, 11) is 0. The van der Waals surface area contributed by atoms with E-state index in [1.54, 1.807) is 10.9 Å². The standard InChI is InChI=1S/C23H18F3N3O2/c24-23(25,26)19-8-3-7-16(13-19)20-9-10-21(31-20)22(30)27-14-17-5-1-2-6-18(17)15-29-12-4-11-28-29/h1-13H,14-15H2,(H,27,30). The second-order valence-corrected chi connectivity index (χ2v) is 6.90. The molecule has 158 valence electrons. The fourth-order valence-corrected chi connectivity index (χ4v) is 3.18. The van der Waals surface area contributed by atoms with E-state index in [0.29, 0.717) is 6.54 Å². The molecule has 0 spiro atoms. The van der Waals surface area contributed by atoms with Gasteiger partial charge in [0.15, 0.2) is 5.76 Å². The van der Waals surface area contributed by atoms with Crippen LogP contribution in [-0.4, -0.2) is 15.7 Å². The first-order chi connectivity index (χ1) is 14.9. The van der Waals surface area contributed by atoms with E-state index in [-0.39, 0.29) is 23.6 Å². The Hall–Kier alpha value is -3.81. The first-order valence-electron chi connectivity index (χ1n) is 9.50. The first kappa shape index (κ1) is 20.5. The Labute approximate surface area is 176 Å². The number of rotatable bonds is 6. The lowest BCUT2D eigenvalue weighted by Crippen LogP contribution is -2.23. The quantitative estimate of drug-likeness (QED) is 0.465. The highest BCUT2D eigenvalue weighted by Gasteiger charge is 2.30. The van der Waals surface area contributed by atoms with Gasteiger partial charge in [-0.05, 0) is 41.5 Å². The number of nitrogens with one attached hydrogen (secondary N) is 1. The molecule has 4 aromatic rings. The van der Waals surface area contributed by atoms with Crippen molar-refractivity contribution >= 4 is 5.91 Å². The second-order valence-electron chi connectivity index (χ2n) is 6.90. The summed E-state index contributed by atoms with van der Waals surface area (Å²) >= 11 is 0. The Morgan fingerprint density at radius 3 is 2.55 bits per heavy atom. The summed E-state index contributed by atoms with van der Waals surface area (Å²) in [4.78, 5) is 12.5. The number of nitrogens with zero attached hydrogens (tertiary/aromatic N) is 2. The largest absolute Gasteiger partial charge is 0.451 e. The number of aromatic nitrogens is 2. The third kappa shape index (κ3) is 4.85. The van der Waals surface area contributed by atoms with Gasteiger partial charge < -0.3 is 9.73 Å². The van der Waals surface area contributed by atoms with Gasteiger partial charge in [0, 0.05) is 24.5 Å². The molecule has 0 saturated heterocycles. The summed E-state index contributed by atoms with van der Waals surface area (Å²) in [6, 6.07) is 17.2. The summed E-state index contributed by atoms with van der Waals surface area (Å²) in [6.45, 7) is 0.843. The summed E-state index contributed by atoms with van der Waals surface area (Å²) in [5.74, 6) is -0.237. The molecule has 2 heterocycles. The predicted molar refractivity (Wildman–Crippen MR) is 108 cm³/mol. The summed E-state index contributed by atoms with van der Waals surface area (Å²) in [5, 5.41) is 6.99. The Morgan fingerprint density at radius 2 is 1.81 bits per heavy atom. The minimum Gasteiger partial charge on any atom is -0.451 e. The number of carbonyl (C=O) groups is 1. The van der Waals surface area contributed by atoms with Gasteiger partial charge in [-0.3, -0.25) is 9.48 Å². The smallest absolute Gasteiger partial charge is 0.416 e. The summed E-state index contributed by atoms with van der Waals surface area (Å²) < 4.78 is 46.1. The van der Waals surface area contributed by atoms with Crippen molar-refractivity contribution in [2.75, 3.05) is 0 Å². The number of benzene rings is 2. The van der Waals surface area contributed by atoms with E-state index in [0.717, 1.165) is 23.3 Å². The molecule has 4 rings (SSSR count). The average molecular weight is 425 g/mol. The lowest BCUT2D eigenvalue weighted by molar-refractivity contribution is -0.137. The van der Waals surface area contributed by atoms with Crippen molar-refractivity contribution in [3.8, 4) is 11.3 Å². The summed E-state index contributed by atoms with van der Waals surface area (Å²) in [6.07, 6.45) is -0.900. The van der Waals surface area contributed by atoms with Crippen molar-refractivity contribution in [2.24, 2.45) is 0 Å². The van der Waals surface area contributed by atoms with Crippen LogP contribution in [0.4, 0.5) is 13.2 Å². The summed E-state index contributed by atoms with van der Waals surface area (Å²) in [5.41, 5.74) is 1.41. The van der Waals surface area contributed by atoms with Crippen molar-refractivity contribution in [3.63, 3.8) is 0 Å². The van der Waals surface area contributed by atoms with Crippen LogP contribution in [0.5, 0.6) is 0 Å². The van der Waals surface area contributed by atoms with Gasteiger partial charge >= 0.3 is 6.18 Å². The Kier molecular flexibility index (Phi) is 5.62. The van der Waals surface area contributed by atoms with E-state index in [9.17, 15) is 18.0 Å². The molecule has 5 nitrogen and oxygen atoms in total. The minimum absolute atomic E-state index is 0.0250. The molecule has 0 bridgehead atoms. The molecule has 0 fully saturated rings. The van der Waals surface area contributed by atoms with Gasteiger partial charge in [-0.15, -0.1) is 0 Å². The fourth-order valence-electron chi connectivity index (χ4n) is 3.18. The number of alkyl halides is 3. The monoisotopic (exact) mass is 425 g/mol. The van der Waals surface area contributed by atoms with E-state index in [2.05, 4.69) is 10.4 Å². The molecule has 0 aliphatic heterocycles. The lowest BCUT2D eigenvalue weighted by atomic mass is 10.1. The van der Waals surface area contributed by atoms with Crippen LogP contribution in [0.1, 0.15) is 27.2 Å². The van der Waals surface area contributed by atoms with Crippen LogP contribution < -0.4 is 5.32 Å². The van der Waals surface area contributed by atoms with Crippen LogP contribution in [0, 0.1) is 0 Å². The van der Waals surface area contributed by atoms with Crippen molar-refractivity contribution in [1.29, 1.82) is 0 Å². The highest BCUT2D eigenvalue weighted by Crippen LogP contribution is 2.32. The normalized spacial score (nSPS) is 11.5. The number of hydrogen-bond donors (Lipinski definition) is 1. The van der Waals surface area contributed by atoms with Gasteiger partial charge in [-0.1, -0.05) is 36.4 Å². The van der Waals surface area contributed by atoms with Crippen LogP contribution in [0.15, 0.2) is 83.5 Å². The Balaban J connectivity index is 1.45. The number of amides is 1. The molecule has 0 unspecified atom stereocenters. The molecule has 0 aliphatic rings.